The highest BCUT2D eigenvalue weighted by atomic mass is 16.2. The Labute approximate surface area is 241 Å². The third kappa shape index (κ3) is 6.47. The van der Waals surface area contributed by atoms with Crippen LogP contribution in [-0.4, -0.2) is 27.8 Å². The maximum atomic E-state index is 13.6. The zero-order valence-electron chi connectivity index (χ0n) is 23.6. The van der Waals surface area contributed by atoms with Gasteiger partial charge in [-0.05, 0) is 65.9 Å². The van der Waals surface area contributed by atoms with Crippen molar-refractivity contribution in [3.63, 3.8) is 0 Å². The highest BCUT2D eigenvalue weighted by Gasteiger charge is 2.19. The van der Waals surface area contributed by atoms with E-state index >= 15 is 0 Å². The van der Waals surface area contributed by atoms with Crippen LogP contribution in [0.2, 0.25) is 0 Å². The Kier molecular flexibility index (Phi) is 8.75. The average molecular weight is 547 g/mol. The zero-order valence-corrected chi connectivity index (χ0v) is 23.6. The molecule has 0 spiro atoms. The van der Waals surface area contributed by atoms with Gasteiger partial charge in [-0.15, -0.1) is 0 Å². The number of nitrogens with one attached hydrogen (secondary N) is 1. The van der Waals surface area contributed by atoms with Gasteiger partial charge in [0, 0.05) is 31.1 Å². The molecular formula is C34H38N6O. The molecule has 5 rings (SSSR count). The molecule has 0 unspecified atom stereocenters. The van der Waals surface area contributed by atoms with Crippen molar-refractivity contribution in [2.75, 3.05) is 11.4 Å². The number of anilines is 1. The average Bonchev–Trinajstić information content (AvgIpc) is 3.31. The molecule has 0 fully saturated rings. The van der Waals surface area contributed by atoms with Gasteiger partial charge in [0.15, 0.2) is 0 Å². The molecule has 0 saturated carbocycles. The first kappa shape index (κ1) is 28.1. The van der Waals surface area contributed by atoms with Gasteiger partial charge in [0.05, 0.1) is 17.6 Å². The van der Waals surface area contributed by atoms with Crippen LogP contribution in [0.3, 0.4) is 0 Å². The first-order chi connectivity index (χ1) is 19.9. The molecular weight excluding hydrogens is 508 g/mol. The van der Waals surface area contributed by atoms with Gasteiger partial charge in [-0.25, -0.2) is 4.98 Å². The molecule has 1 amide bonds. The van der Waals surface area contributed by atoms with Crippen LogP contribution in [0.15, 0.2) is 84.9 Å². The molecule has 7 nitrogen and oxygen atoms in total. The number of unbranched alkanes of at least 4 members (excludes halogenated alkanes) is 2. The number of hydrogen-bond acceptors (Lipinski definition) is 4. The standard InChI is InChI=1S/C34H38N6O/c1-39-31-19-18-28(22-30(31)38-32(39)20-15-24-13-16-26(17-14-24)34(36)37)40(33(41)12-3-2-6-21-35)23-27-10-7-9-25-8-4-5-11-29(25)27/h4-5,7-11,13-14,16-19,22H,2-3,6,12,15,20-21,23,35H2,1H3,(H3,36,37). The van der Waals surface area contributed by atoms with Gasteiger partial charge in [0.1, 0.15) is 11.7 Å². The van der Waals surface area contributed by atoms with Crippen LogP contribution in [0.1, 0.15) is 48.2 Å². The first-order valence-electron chi connectivity index (χ1n) is 14.3. The molecule has 5 aromatic rings. The fraction of sp³-hybridized carbons (Fsp3) is 0.265. The molecule has 1 heterocycles. The Bertz CT molecular complexity index is 1670. The predicted octanol–water partition coefficient (Wildman–Crippen LogP) is 5.85. The lowest BCUT2D eigenvalue weighted by Gasteiger charge is -2.24. The number of amidine groups is 1. The topological polar surface area (TPSA) is 114 Å². The summed E-state index contributed by atoms with van der Waals surface area (Å²) in [5, 5.41) is 9.92. The molecule has 7 heteroatoms. The van der Waals surface area contributed by atoms with E-state index in [9.17, 15) is 4.79 Å². The van der Waals surface area contributed by atoms with E-state index in [1.165, 1.54) is 10.9 Å². The summed E-state index contributed by atoms with van der Waals surface area (Å²) in [6.45, 7) is 1.15. The van der Waals surface area contributed by atoms with E-state index in [0.29, 0.717) is 19.5 Å². The number of benzene rings is 4. The fourth-order valence-corrected chi connectivity index (χ4v) is 5.39. The minimum atomic E-state index is 0.0752. The van der Waals surface area contributed by atoms with Crippen molar-refractivity contribution in [1.29, 1.82) is 5.41 Å². The summed E-state index contributed by atoms with van der Waals surface area (Å²) in [4.78, 5) is 20.5. The van der Waals surface area contributed by atoms with Crippen LogP contribution < -0.4 is 16.4 Å². The van der Waals surface area contributed by atoms with Crippen molar-refractivity contribution in [3.05, 3.63) is 107 Å². The number of fused-ring (bicyclic) bond motifs is 2. The third-order valence-electron chi connectivity index (χ3n) is 7.78. The van der Waals surface area contributed by atoms with Crippen LogP contribution >= 0.6 is 0 Å². The van der Waals surface area contributed by atoms with Crippen molar-refractivity contribution >= 4 is 39.2 Å². The predicted molar refractivity (Wildman–Crippen MR) is 168 cm³/mol. The quantitative estimate of drug-likeness (QED) is 0.103. The Balaban J connectivity index is 1.41. The molecule has 0 saturated heterocycles. The minimum Gasteiger partial charge on any atom is -0.384 e. The molecule has 0 bridgehead atoms. The Morgan fingerprint density at radius 2 is 1.71 bits per heavy atom. The number of imidazole rings is 1. The summed E-state index contributed by atoms with van der Waals surface area (Å²) < 4.78 is 2.13. The number of carbonyl (C=O) groups excluding carboxylic acids is 1. The monoisotopic (exact) mass is 546 g/mol. The van der Waals surface area contributed by atoms with Crippen LogP contribution in [0.5, 0.6) is 0 Å². The Morgan fingerprint density at radius 1 is 0.927 bits per heavy atom. The van der Waals surface area contributed by atoms with E-state index in [-0.39, 0.29) is 11.7 Å². The van der Waals surface area contributed by atoms with E-state index in [4.69, 9.17) is 21.9 Å². The molecule has 0 radical (unpaired) electrons. The zero-order chi connectivity index (χ0) is 28.8. The van der Waals surface area contributed by atoms with Gasteiger partial charge >= 0.3 is 0 Å². The number of nitrogen functional groups attached to an aromatic ring is 1. The first-order valence-corrected chi connectivity index (χ1v) is 14.3. The van der Waals surface area contributed by atoms with E-state index in [0.717, 1.165) is 71.2 Å². The smallest absolute Gasteiger partial charge is 0.227 e. The lowest BCUT2D eigenvalue weighted by Crippen LogP contribution is -2.30. The molecule has 0 aliphatic heterocycles. The van der Waals surface area contributed by atoms with Gasteiger partial charge in [0.2, 0.25) is 5.91 Å². The molecule has 0 aliphatic rings. The number of aryl methyl sites for hydroxylation is 3. The normalized spacial score (nSPS) is 11.3. The minimum absolute atomic E-state index is 0.0752. The van der Waals surface area contributed by atoms with Gasteiger partial charge in [0.25, 0.3) is 0 Å². The van der Waals surface area contributed by atoms with Crippen LogP contribution in [0.4, 0.5) is 5.69 Å². The summed E-state index contributed by atoms with van der Waals surface area (Å²) in [5.74, 6) is 1.17. The molecule has 1 aromatic heterocycles. The maximum absolute atomic E-state index is 13.6. The van der Waals surface area contributed by atoms with Crippen LogP contribution in [0.25, 0.3) is 21.8 Å². The summed E-state index contributed by atoms with van der Waals surface area (Å²) in [5.41, 5.74) is 17.1. The van der Waals surface area contributed by atoms with Crippen LogP contribution in [-0.2, 0) is 31.2 Å². The number of hydrogen-bond donors (Lipinski definition) is 3. The van der Waals surface area contributed by atoms with Crippen molar-refractivity contribution in [3.8, 4) is 0 Å². The SMILES string of the molecule is Cn1c(CCc2ccc(C(=N)N)cc2)nc2cc(N(Cc3cccc4ccccc34)C(=O)CCCCCN)ccc21. The van der Waals surface area contributed by atoms with Crippen molar-refractivity contribution in [2.45, 2.75) is 45.1 Å². The number of aromatic nitrogens is 2. The number of nitrogens with two attached hydrogens (primary N) is 2. The number of carbonyl (C=O) groups is 1. The second kappa shape index (κ2) is 12.8. The van der Waals surface area contributed by atoms with Gasteiger partial charge < -0.3 is 20.9 Å². The number of nitrogens with zero attached hydrogens (tertiary/aromatic N) is 3. The highest BCUT2D eigenvalue weighted by molar-refractivity contribution is 5.96. The summed E-state index contributed by atoms with van der Waals surface area (Å²) in [6, 6.07) is 28.5. The van der Waals surface area contributed by atoms with Crippen molar-refractivity contribution in [2.24, 2.45) is 18.5 Å². The number of amides is 1. The van der Waals surface area contributed by atoms with Gasteiger partial charge in [-0.1, -0.05) is 73.2 Å². The Morgan fingerprint density at radius 3 is 2.49 bits per heavy atom. The second-order valence-electron chi connectivity index (χ2n) is 10.6. The third-order valence-corrected chi connectivity index (χ3v) is 7.78. The van der Waals surface area contributed by atoms with Crippen molar-refractivity contribution < 1.29 is 4.79 Å². The van der Waals surface area contributed by atoms with Crippen LogP contribution in [0, 0.1) is 5.41 Å². The summed E-state index contributed by atoms with van der Waals surface area (Å²) in [6.07, 6.45) is 4.80. The largest absolute Gasteiger partial charge is 0.384 e. The Hall–Kier alpha value is -4.49. The molecule has 4 aromatic carbocycles. The molecule has 210 valence electrons. The van der Waals surface area contributed by atoms with Gasteiger partial charge in [-0.2, -0.15) is 0 Å². The molecule has 5 N–H and O–H groups in total. The lowest BCUT2D eigenvalue weighted by atomic mass is 10.0. The maximum Gasteiger partial charge on any atom is 0.227 e. The van der Waals surface area contributed by atoms with Gasteiger partial charge in [-0.3, -0.25) is 10.2 Å². The van der Waals surface area contributed by atoms with E-state index in [1.54, 1.807) is 0 Å². The van der Waals surface area contributed by atoms with E-state index in [2.05, 4.69) is 41.0 Å². The lowest BCUT2D eigenvalue weighted by molar-refractivity contribution is -0.118. The summed E-state index contributed by atoms with van der Waals surface area (Å²) >= 11 is 0. The molecule has 41 heavy (non-hydrogen) atoms. The van der Waals surface area contributed by atoms with Crippen molar-refractivity contribution in [1.82, 2.24) is 9.55 Å². The summed E-state index contributed by atoms with van der Waals surface area (Å²) in [7, 11) is 2.04. The number of rotatable bonds is 12. The van der Waals surface area contributed by atoms with E-state index in [1.807, 2.05) is 60.5 Å². The fourth-order valence-electron chi connectivity index (χ4n) is 5.39. The second-order valence-corrected chi connectivity index (χ2v) is 10.6. The van der Waals surface area contributed by atoms with E-state index < -0.39 is 0 Å². The molecule has 0 atom stereocenters. The highest BCUT2D eigenvalue weighted by Crippen LogP contribution is 2.28. The molecule has 0 aliphatic carbocycles.